The number of piperazine rings is 1. The topological polar surface area (TPSA) is 49.4 Å². The highest BCUT2D eigenvalue weighted by molar-refractivity contribution is 5.97. The van der Waals surface area contributed by atoms with E-state index in [2.05, 4.69) is 5.32 Å². The molecule has 1 saturated carbocycles. The molecule has 1 aliphatic carbocycles. The van der Waals surface area contributed by atoms with Crippen molar-refractivity contribution in [2.24, 2.45) is 5.92 Å². The van der Waals surface area contributed by atoms with Crippen molar-refractivity contribution in [1.29, 1.82) is 0 Å². The Labute approximate surface area is 123 Å². The maximum absolute atomic E-state index is 12.8. The molecule has 0 aromatic heterocycles. The second-order valence-corrected chi connectivity index (χ2v) is 5.75. The number of hydrogen-bond acceptors (Lipinski definition) is 2. The zero-order chi connectivity index (χ0) is 14.8. The van der Waals surface area contributed by atoms with E-state index in [-0.39, 0.29) is 24.3 Å². The molecule has 2 unspecified atom stereocenters. The molecule has 4 nitrogen and oxygen atoms in total. The first kappa shape index (κ1) is 14.0. The van der Waals surface area contributed by atoms with Gasteiger partial charge in [-0.2, -0.15) is 0 Å². The van der Waals surface area contributed by atoms with Crippen LogP contribution < -0.4 is 5.32 Å². The average molecular weight is 290 g/mol. The SMILES string of the molecule is O=C1NC(Cc2ccccc2)C(=O)N(CCF)C1C1CC1. The van der Waals surface area contributed by atoms with Crippen LogP contribution in [0.5, 0.6) is 0 Å². The first-order valence-corrected chi connectivity index (χ1v) is 7.41. The largest absolute Gasteiger partial charge is 0.342 e. The molecule has 0 bridgehead atoms. The average Bonchev–Trinajstić information content (AvgIpc) is 3.30. The third-order valence-corrected chi connectivity index (χ3v) is 4.18. The van der Waals surface area contributed by atoms with Crippen molar-refractivity contribution >= 4 is 11.8 Å². The highest BCUT2D eigenvalue weighted by Crippen LogP contribution is 2.37. The monoisotopic (exact) mass is 290 g/mol. The van der Waals surface area contributed by atoms with Crippen LogP contribution in [0, 0.1) is 5.92 Å². The van der Waals surface area contributed by atoms with E-state index in [0.717, 1.165) is 18.4 Å². The molecule has 1 aliphatic heterocycles. The molecule has 5 heteroatoms. The lowest BCUT2D eigenvalue weighted by Gasteiger charge is -2.38. The van der Waals surface area contributed by atoms with Crippen molar-refractivity contribution < 1.29 is 14.0 Å². The summed E-state index contributed by atoms with van der Waals surface area (Å²) >= 11 is 0. The number of alkyl halides is 1. The van der Waals surface area contributed by atoms with Crippen LogP contribution >= 0.6 is 0 Å². The summed E-state index contributed by atoms with van der Waals surface area (Å²) in [6.07, 6.45) is 2.33. The Morgan fingerprint density at radius 3 is 2.52 bits per heavy atom. The van der Waals surface area contributed by atoms with E-state index in [1.807, 2.05) is 30.3 Å². The molecule has 2 aliphatic rings. The Balaban J connectivity index is 1.77. The van der Waals surface area contributed by atoms with E-state index in [1.165, 1.54) is 4.90 Å². The minimum absolute atomic E-state index is 0.0126. The van der Waals surface area contributed by atoms with E-state index in [0.29, 0.717) is 6.42 Å². The van der Waals surface area contributed by atoms with Crippen LogP contribution in [0.1, 0.15) is 18.4 Å². The molecule has 0 radical (unpaired) electrons. The molecular weight excluding hydrogens is 271 g/mol. The van der Waals surface area contributed by atoms with Gasteiger partial charge in [-0.05, 0) is 24.3 Å². The number of benzene rings is 1. The molecule has 2 amide bonds. The molecule has 112 valence electrons. The predicted molar refractivity (Wildman–Crippen MR) is 76.3 cm³/mol. The Morgan fingerprint density at radius 2 is 1.90 bits per heavy atom. The van der Waals surface area contributed by atoms with Crippen LogP contribution in [0.2, 0.25) is 0 Å². The number of hydrogen-bond donors (Lipinski definition) is 1. The quantitative estimate of drug-likeness (QED) is 0.889. The second kappa shape index (κ2) is 5.84. The Kier molecular flexibility index (Phi) is 3.90. The molecule has 21 heavy (non-hydrogen) atoms. The molecule has 1 aromatic carbocycles. The maximum atomic E-state index is 12.8. The number of halogens is 1. The summed E-state index contributed by atoms with van der Waals surface area (Å²) in [7, 11) is 0. The van der Waals surface area contributed by atoms with Gasteiger partial charge in [0.1, 0.15) is 18.8 Å². The van der Waals surface area contributed by atoms with Gasteiger partial charge in [0.05, 0.1) is 0 Å². The minimum Gasteiger partial charge on any atom is -0.342 e. The Morgan fingerprint density at radius 1 is 1.19 bits per heavy atom. The summed E-state index contributed by atoms with van der Waals surface area (Å²) in [5.74, 6) is -0.0855. The summed E-state index contributed by atoms with van der Waals surface area (Å²) in [5, 5.41) is 2.82. The molecule has 2 atom stereocenters. The summed E-state index contributed by atoms with van der Waals surface area (Å²) < 4.78 is 12.8. The van der Waals surface area contributed by atoms with Crippen molar-refractivity contribution in [3.8, 4) is 0 Å². The van der Waals surface area contributed by atoms with Crippen LogP contribution in [-0.2, 0) is 16.0 Å². The lowest BCUT2D eigenvalue weighted by molar-refractivity contribution is -0.150. The highest BCUT2D eigenvalue weighted by atomic mass is 19.1. The highest BCUT2D eigenvalue weighted by Gasteiger charge is 2.47. The van der Waals surface area contributed by atoms with Crippen LogP contribution in [0.4, 0.5) is 4.39 Å². The van der Waals surface area contributed by atoms with Gasteiger partial charge < -0.3 is 10.2 Å². The van der Waals surface area contributed by atoms with E-state index < -0.39 is 18.8 Å². The summed E-state index contributed by atoms with van der Waals surface area (Å²) in [4.78, 5) is 26.3. The van der Waals surface area contributed by atoms with Gasteiger partial charge in [-0.15, -0.1) is 0 Å². The molecule has 3 rings (SSSR count). The fourth-order valence-corrected chi connectivity index (χ4v) is 3.01. The molecule has 1 saturated heterocycles. The second-order valence-electron chi connectivity index (χ2n) is 5.75. The lowest BCUT2D eigenvalue weighted by atomic mass is 9.98. The smallest absolute Gasteiger partial charge is 0.246 e. The van der Waals surface area contributed by atoms with Gasteiger partial charge in [0.2, 0.25) is 11.8 Å². The summed E-state index contributed by atoms with van der Waals surface area (Å²) in [6.45, 7) is -0.598. The van der Waals surface area contributed by atoms with Gasteiger partial charge in [0.25, 0.3) is 0 Å². The number of amides is 2. The number of nitrogens with zero attached hydrogens (tertiary/aromatic N) is 1. The fourth-order valence-electron chi connectivity index (χ4n) is 3.01. The zero-order valence-electron chi connectivity index (χ0n) is 11.8. The first-order valence-electron chi connectivity index (χ1n) is 7.41. The van der Waals surface area contributed by atoms with Crippen molar-refractivity contribution in [3.05, 3.63) is 35.9 Å². The third kappa shape index (κ3) is 2.91. The van der Waals surface area contributed by atoms with Crippen molar-refractivity contribution in [2.75, 3.05) is 13.2 Å². The Bertz CT molecular complexity index is 530. The van der Waals surface area contributed by atoms with Gasteiger partial charge in [-0.1, -0.05) is 30.3 Å². The minimum atomic E-state index is -0.611. The summed E-state index contributed by atoms with van der Waals surface area (Å²) in [5.41, 5.74) is 0.987. The third-order valence-electron chi connectivity index (χ3n) is 4.18. The standard InChI is InChI=1S/C16H19FN2O2/c17-8-9-19-14(12-6-7-12)15(20)18-13(16(19)21)10-11-4-2-1-3-5-11/h1-5,12-14H,6-10H2,(H,18,20). The fraction of sp³-hybridized carbons (Fsp3) is 0.500. The van der Waals surface area contributed by atoms with Crippen LogP contribution in [0.15, 0.2) is 30.3 Å². The van der Waals surface area contributed by atoms with Crippen molar-refractivity contribution in [3.63, 3.8) is 0 Å². The maximum Gasteiger partial charge on any atom is 0.246 e. The van der Waals surface area contributed by atoms with E-state index >= 15 is 0 Å². The number of carbonyl (C=O) groups excluding carboxylic acids is 2. The molecule has 1 N–H and O–H groups in total. The normalized spacial score (nSPS) is 25.9. The zero-order valence-corrected chi connectivity index (χ0v) is 11.8. The first-order chi connectivity index (χ1) is 10.2. The van der Waals surface area contributed by atoms with E-state index in [1.54, 1.807) is 0 Å². The molecule has 2 fully saturated rings. The van der Waals surface area contributed by atoms with Gasteiger partial charge in [0.15, 0.2) is 0 Å². The molecule has 1 heterocycles. The Hall–Kier alpha value is -1.91. The number of rotatable bonds is 5. The number of nitrogens with one attached hydrogen (secondary N) is 1. The van der Waals surface area contributed by atoms with Crippen LogP contribution in [0.25, 0.3) is 0 Å². The van der Waals surface area contributed by atoms with E-state index in [4.69, 9.17) is 0 Å². The van der Waals surface area contributed by atoms with Crippen molar-refractivity contribution in [2.45, 2.75) is 31.3 Å². The summed E-state index contributed by atoms with van der Waals surface area (Å²) in [6, 6.07) is 8.50. The molecule has 1 aromatic rings. The number of carbonyl (C=O) groups is 2. The van der Waals surface area contributed by atoms with E-state index in [9.17, 15) is 14.0 Å². The van der Waals surface area contributed by atoms with Gasteiger partial charge in [-0.25, -0.2) is 4.39 Å². The predicted octanol–water partition coefficient (Wildman–Crippen LogP) is 1.30. The molecule has 0 spiro atoms. The van der Waals surface area contributed by atoms with Crippen LogP contribution in [-0.4, -0.2) is 42.0 Å². The van der Waals surface area contributed by atoms with Gasteiger partial charge in [-0.3, -0.25) is 9.59 Å². The van der Waals surface area contributed by atoms with Gasteiger partial charge >= 0.3 is 0 Å². The van der Waals surface area contributed by atoms with Crippen LogP contribution in [0.3, 0.4) is 0 Å². The molecular formula is C16H19FN2O2. The van der Waals surface area contributed by atoms with Crippen molar-refractivity contribution in [1.82, 2.24) is 10.2 Å². The van der Waals surface area contributed by atoms with Gasteiger partial charge in [0, 0.05) is 13.0 Å². The lowest BCUT2D eigenvalue weighted by Crippen LogP contribution is -2.64.